The third kappa shape index (κ3) is 3.77. The van der Waals surface area contributed by atoms with Crippen LogP contribution in [0.15, 0.2) is 22.7 Å². The Labute approximate surface area is 129 Å². The van der Waals surface area contributed by atoms with E-state index in [0.717, 1.165) is 0 Å². The van der Waals surface area contributed by atoms with Crippen molar-refractivity contribution in [3.05, 3.63) is 32.8 Å². The van der Waals surface area contributed by atoms with Gasteiger partial charge in [-0.05, 0) is 22.0 Å². The Bertz CT molecular complexity index is 706. The van der Waals surface area contributed by atoms with E-state index in [4.69, 9.17) is 5.14 Å². The second-order valence-electron chi connectivity index (χ2n) is 4.80. The fraction of sp³-hybridized carbons (Fsp3) is 0.364. The molecule has 1 saturated heterocycles. The molecule has 0 spiro atoms. The van der Waals surface area contributed by atoms with Crippen LogP contribution in [0, 0.1) is 16.0 Å². The van der Waals surface area contributed by atoms with Crippen molar-refractivity contribution >= 4 is 43.2 Å². The summed E-state index contributed by atoms with van der Waals surface area (Å²) >= 11 is 3.19. The first kappa shape index (κ1) is 15.9. The maximum atomic E-state index is 12.0. The maximum absolute atomic E-state index is 12.0. The zero-order valence-electron chi connectivity index (χ0n) is 10.7. The van der Waals surface area contributed by atoms with Crippen molar-refractivity contribution < 1.29 is 18.1 Å². The van der Waals surface area contributed by atoms with E-state index in [0.29, 0.717) is 10.2 Å². The summed E-state index contributed by atoms with van der Waals surface area (Å²) < 4.78 is 22.6. The predicted octanol–water partition coefficient (Wildman–Crippen LogP) is 0.999. The summed E-state index contributed by atoms with van der Waals surface area (Å²) in [5, 5.41) is 15.7. The Morgan fingerprint density at radius 1 is 1.48 bits per heavy atom. The minimum absolute atomic E-state index is 0.0832. The minimum atomic E-state index is -3.64. The zero-order chi connectivity index (χ0) is 15.8. The van der Waals surface area contributed by atoms with Crippen LogP contribution in [-0.2, 0) is 14.8 Å². The molecule has 0 aromatic heterocycles. The van der Waals surface area contributed by atoms with Crippen molar-refractivity contribution in [1.82, 2.24) is 0 Å². The number of primary sulfonamides is 1. The van der Waals surface area contributed by atoms with Gasteiger partial charge in [-0.3, -0.25) is 14.9 Å². The van der Waals surface area contributed by atoms with Gasteiger partial charge in [0, 0.05) is 35.5 Å². The Morgan fingerprint density at radius 2 is 2.14 bits per heavy atom. The number of sulfonamides is 1. The second-order valence-corrected chi connectivity index (χ2v) is 7.31. The number of hydrogen-bond acceptors (Lipinski definition) is 5. The van der Waals surface area contributed by atoms with Gasteiger partial charge in [-0.15, -0.1) is 0 Å². The average Bonchev–Trinajstić information content (AvgIpc) is 2.67. The number of halogens is 1. The maximum Gasteiger partial charge on any atom is 0.270 e. The number of amides is 1. The zero-order valence-corrected chi connectivity index (χ0v) is 13.1. The van der Waals surface area contributed by atoms with Gasteiger partial charge in [0.2, 0.25) is 15.9 Å². The molecule has 1 aliphatic rings. The summed E-state index contributed by atoms with van der Waals surface area (Å²) in [5.41, 5.74) is 0.376. The van der Waals surface area contributed by atoms with E-state index >= 15 is 0 Å². The van der Waals surface area contributed by atoms with Crippen LogP contribution in [0.25, 0.3) is 0 Å². The van der Waals surface area contributed by atoms with E-state index in [1.807, 2.05) is 0 Å². The number of nitrogens with zero attached hydrogens (tertiary/aromatic N) is 2. The molecule has 0 aliphatic carbocycles. The standard InChI is InChI=1S/C11H12BrN3O5S/c12-9-4-8(15(17)18)1-2-10(9)14-5-7(3-11(14)16)6-21(13,19)20/h1-2,4,7H,3,5-6H2,(H2,13,19,20). The fourth-order valence-corrected chi connectivity index (χ4v) is 3.74. The SMILES string of the molecule is NS(=O)(=O)CC1CC(=O)N(c2ccc([N+](=O)[O-])cc2Br)C1. The third-order valence-corrected chi connectivity index (χ3v) is 4.68. The van der Waals surface area contributed by atoms with Gasteiger partial charge in [0.25, 0.3) is 5.69 Å². The van der Waals surface area contributed by atoms with Crippen molar-refractivity contribution in [2.24, 2.45) is 11.1 Å². The summed E-state index contributed by atoms with van der Waals surface area (Å²) in [6.45, 7) is 0.214. The summed E-state index contributed by atoms with van der Waals surface area (Å²) in [4.78, 5) is 23.5. The van der Waals surface area contributed by atoms with E-state index in [2.05, 4.69) is 15.9 Å². The summed E-state index contributed by atoms with van der Waals surface area (Å²) in [6.07, 6.45) is 0.0832. The van der Waals surface area contributed by atoms with Crippen molar-refractivity contribution in [3.63, 3.8) is 0 Å². The molecule has 1 aliphatic heterocycles. The first-order chi connectivity index (χ1) is 9.67. The van der Waals surface area contributed by atoms with Gasteiger partial charge >= 0.3 is 0 Å². The van der Waals surface area contributed by atoms with Crippen LogP contribution in [0.5, 0.6) is 0 Å². The largest absolute Gasteiger partial charge is 0.311 e. The molecule has 21 heavy (non-hydrogen) atoms. The van der Waals surface area contributed by atoms with Crippen molar-refractivity contribution in [2.45, 2.75) is 6.42 Å². The summed E-state index contributed by atoms with van der Waals surface area (Å²) in [7, 11) is -3.64. The lowest BCUT2D eigenvalue weighted by Crippen LogP contribution is -2.27. The topological polar surface area (TPSA) is 124 Å². The molecule has 1 aromatic rings. The Kier molecular flexibility index (Phi) is 4.30. The molecule has 1 unspecified atom stereocenters. The molecule has 10 heteroatoms. The van der Waals surface area contributed by atoms with Crippen LogP contribution in [0.1, 0.15) is 6.42 Å². The van der Waals surface area contributed by atoms with E-state index in [1.165, 1.54) is 23.1 Å². The average molecular weight is 378 g/mol. The first-order valence-corrected chi connectivity index (χ1v) is 8.43. The van der Waals surface area contributed by atoms with Crippen LogP contribution in [0.2, 0.25) is 0 Å². The Balaban J connectivity index is 2.23. The Hall–Kier alpha value is -1.52. The molecule has 2 rings (SSSR count). The molecule has 0 radical (unpaired) electrons. The van der Waals surface area contributed by atoms with Gasteiger partial charge in [0.15, 0.2) is 0 Å². The summed E-state index contributed by atoms with van der Waals surface area (Å²) in [6, 6.07) is 4.05. The number of non-ortho nitro benzene ring substituents is 1. The van der Waals surface area contributed by atoms with Gasteiger partial charge in [0.05, 0.1) is 16.4 Å². The number of nitro benzene ring substituents is 1. The highest BCUT2D eigenvalue weighted by atomic mass is 79.9. The summed E-state index contributed by atoms with van der Waals surface area (Å²) in [5.74, 6) is -0.882. The number of benzene rings is 1. The molecule has 8 nitrogen and oxygen atoms in total. The number of nitro groups is 1. The number of hydrogen-bond donors (Lipinski definition) is 1. The smallest absolute Gasteiger partial charge is 0.270 e. The third-order valence-electron chi connectivity index (χ3n) is 3.11. The van der Waals surface area contributed by atoms with E-state index in [1.54, 1.807) is 0 Å². The molecule has 1 atom stereocenters. The molecule has 0 bridgehead atoms. The quantitative estimate of drug-likeness (QED) is 0.618. The van der Waals surface area contributed by atoms with E-state index in [9.17, 15) is 23.3 Å². The highest BCUT2D eigenvalue weighted by molar-refractivity contribution is 9.10. The lowest BCUT2D eigenvalue weighted by Gasteiger charge is -2.18. The van der Waals surface area contributed by atoms with Crippen molar-refractivity contribution in [3.8, 4) is 0 Å². The molecule has 114 valence electrons. The number of nitrogens with two attached hydrogens (primary N) is 1. The number of carbonyl (C=O) groups is 1. The predicted molar refractivity (Wildman–Crippen MR) is 79.2 cm³/mol. The number of rotatable bonds is 4. The second kappa shape index (κ2) is 5.70. The monoisotopic (exact) mass is 377 g/mol. The minimum Gasteiger partial charge on any atom is -0.311 e. The van der Waals surface area contributed by atoms with E-state index < -0.39 is 14.9 Å². The van der Waals surface area contributed by atoms with Crippen LogP contribution < -0.4 is 10.0 Å². The van der Waals surface area contributed by atoms with Gasteiger partial charge in [-0.1, -0.05) is 0 Å². The fourth-order valence-electron chi connectivity index (χ4n) is 2.28. The van der Waals surface area contributed by atoms with Gasteiger partial charge in [-0.2, -0.15) is 0 Å². The van der Waals surface area contributed by atoms with Crippen LogP contribution in [0.4, 0.5) is 11.4 Å². The molecule has 1 amide bonds. The molecular formula is C11H12BrN3O5S. The molecule has 0 saturated carbocycles. The highest BCUT2D eigenvalue weighted by Crippen LogP contribution is 2.34. The first-order valence-electron chi connectivity index (χ1n) is 5.92. The molecular weight excluding hydrogens is 366 g/mol. The van der Waals surface area contributed by atoms with Gasteiger partial charge < -0.3 is 4.90 Å². The lowest BCUT2D eigenvalue weighted by molar-refractivity contribution is -0.384. The molecule has 2 N–H and O–H groups in total. The number of carbonyl (C=O) groups excluding carboxylic acids is 1. The van der Waals surface area contributed by atoms with Gasteiger partial charge in [0.1, 0.15) is 0 Å². The van der Waals surface area contributed by atoms with E-state index in [-0.39, 0.29) is 36.2 Å². The van der Waals surface area contributed by atoms with Crippen LogP contribution in [0.3, 0.4) is 0 Å². The molecule has 1 aromatic carbocycles. The van der Waals surface area contributed by atoms with Gasteiger partial charge in [-0.25, -0.2) is 13.6 Å². The molecule has 1 fully saturated rings. The lowest BCUT2D eigenvalue weighted by atomic mass is 10.1. The normalized spacial score (nSPS) is 19.0. The highest BCUT2D eigenvalue weighted by Gasteiger charge is 2.33. The molecule has 1 heterocycles. The van der Waals surface area contributed by atoms with Crippen molar-refractivity contribution in [2.75, 3.05) is 17.2 Å². The van der Waals surface area contributed by atoms with Crippen molar-refractivity contribution in [1.29, 1.82) is 0 Å². The van der Waals surface area contributed by atoms with Crippen LogP contribution >= 0.6 is 15.9 Å². The number of anilines is 1. The van der Waals surface area contributed by atoms with Crippen LogP contribution in [-0.4, -0.2) is 31.5 Å². The Morgan fingerprint density at radius 3 is 2.67 bits per heavy atom.